The van der Waals surface area contributed by atoms with Crippen molar-refractivity contribution in [1.82, 2.24) is 19.7 Å². The van der Waals surface area contributed by atoms with Gasteiger partial charge in [0, 0.05) is 85.6 Å². The van der Waals surface area contributed by atoms with E-state index in [2.05, 4.69) is 25.9 Å². The van der Waals surface area contributed by atoms with Gasteiger partial charge in [-0.2, -0.15) is 0 Å². The Hall–Kier alpha value is -3.69. The van der Waals surface area contributed by atoms with Gasteiger partial charge in [-0.05, 0) is 43.2 Å². The fraction of sp³-hybridized carbons (Fsp3) is 0.423. The SMILES string of the molecule is Cc1c(N2CCc3ncc(-c4ccc(N5CC6(C5)CC(F)(F)C6)nc4)cc3C2)nn(C=N)c(=N)c1C. The number of hydrogen-bond donors (Lipinski definition) is 2. The normalized spacial score (nSPS) is 19.4. The molecule has 3 aliphatic rings. The van der Waals surface area contributed by atoms with E-state index in [-0.39, 0.29) is 23.7 Å². The van der Waals surface area contributed by atoms with Gasteiger partial charge >= 0.3 is 0 Å². The van der Waals surface area contributed by atoms with Crippen LogP contribution in [0.3, 0.4) is 0 Å². The predicted molar refractivity (Wildman–Crippen MR) is 133 cm³/mol. The van der Waals surface area contributed by atoms with Gasteiger partial charge in [0.1, 0.15) is 12.2 Å². The van der Waals surface area contributed by atoms with E-state index in [0.29, 0.717) is 19.6 Å². The van der Waals surface area contributed by atoms with Gasteiger partial charge in [0.05, 0.1) is 0 Å². The highest BCUT2D eigenvalue weighted by Gasteiger charge is 2.61. The quantitative estimate of drug-likeness (QED) is 0.430. The molecule has 1 spiro atoms. The standard InChI is InChI=1S/C26H28F2N8/c1-16-17(2)24(33-36(15-29)23(16)30)34-6-5-21-20(10-34)7-19(9-31-21)18-3-4-22(32-8-18)35-13-25(14-35)11-26(27,28)12-25/h3-4,7-9,15,29-30H,5-6,10-14H2,1-2H3. The summed E-state index contributed by atoms with van der Waals surface area (Å²) >= 11 is 0. The van der Waals surface area contributed by atoms with Gasteiger partial charge in [-0.25, -0.2) is 18.4 Å². The lowest BCUT2D eigenvalue weighted by molar-refractivity contribution is -0.170. The zero-order valence-electron chi connectivity index (χ0n) is 20.4. The van der Waals surface area contributed by atoms with E-state index in [1.165, 1.54) is 4.68 Å². The van der Waals surface area contributed by atoms with Gasteiger partial charge in [0.15, 0.2) is 11.3 Å². The van der Waals surface area contributed by atoms with Crippen molar-refractivity contribution in [2.45, 2.75) is 45.6 Å². The number of rotatable bonds is 4. The first-order valence-corrected chi connectivity index (χ1v) is 12.1. The summed E-state index contributed by atoms with van der Waals surface area (Å²) in [7, 11) is 0. The molecule has 10 heteroatoms. The van der Waals surface area contributed by atoms with Gasteiger partial charge in [0.2, 0.25) is 5.92 Å². The Morgan fingerprint density at radius 2 is 1.75 bits per heavy atom. The molecule has 0 radical (unpaired) electrons. The van der Waals surface area contributed by atoms with Crippen LogP contribution < -0.4 is 15.3 Å². The Bertz CT molecular complexity index is 1410. The predicted octanol–water partition coefficient (Wildman–Crippen LogP) is 3.69. The Morgan fingerprint density at radius 3 is 2.42 bits per heavy atom. The number of nitrogens with zero attached hydrogens (tertiary/aromatic N) is 6. The van der Waals surface area contributed by atoms with E-state index in [0.717, 1.165) is 64.5 Å². The van der Waals surface area contributed by atoms with E-state index in [9.17, 15) is 8.78 Å². The number of nitrogens with one attached hydrogen (secondary N) is 2. The first kappa shape index (κ1) is 22.8. The molecule has 8 nitrogen and oxygen atoms in total. The van der Waals surface area contributed by atoms with E-state index in [4.69, 9.17) is 15.8 Å². The number of aromatic nitrogens is 4. The lowest BCUT2D eigenvalue weighted by Crippen LogP contribution is -2.66. The lowest BCUT2D eigenvalue weighted by atomic mass is 9.61. The minimum absolute atomic E-state index is 0.00433. The summed E-state index contributed by atoms with van der Waals surface area (Å²) in [6.45, 7) is 6.57. The van der Waals surface area contributed by atoms with Crippen molar-refractivity contribution in [3.05, 3.63) is 58.5 Å². The summed E-state index contributed by atoms with van der Waals surface area (Å²) in [5, 5.41) is 20.3. The number of alkyl halides is 2. The molecule has 36 heavy (non-hydrogen) atoms. The Morgan fingerprint density at radius 1 is 1.00 bits per heavy atom. The summed E-state index contributed by atoms with van der Waals surface area (Å²) < 4.78 is 27.9. The van der Waals surface area contributed by atoms with Crippen molar-refractivity contribution >= 4 is 18.0 Å². The van der Waals surface area contributed by atoms with Crippen molar-refractivity contribution in [1.29, 1.82) is 10.8 Å². The van der Waals surface area contributed by atoms with Gasteiger partial charge in [-0.1, -0.05) is 0 Å². The molecule has 0 bridgehead atoms. The summed E-state index contributed by atoms with van der Waals surface area (Å²) in [6, 6.07) is 6.12. The maximum atomic E-state index is 13.3. The van der Waals surface area contributed by atoms with E-state index >= 15 is 0 Å². The summed E-state index contributed by atoms with van der Waals surface area (Å²) in [4.78, 5) is 13.6. The highest BCUT2D eigenvalue weighted by atomic mass is 19.3. The molecule has 2 aliphatic heterocycles. The smallest absolute Gasteiger partial charge is 0.249 e. The van der Waals surface area contributed by atoms with Crippen molar-refractivity contribution in [2.24, 2.45) is 5.41 Å². The molecular formula is C26H28F2N8. The molecule has 3 aromatic heterocycles. The average molecular weight is 491 g/mol. The van der Waals surface area contributed by atoms with Crippen molar-refractivity contribution in [3.63, 3.8) is 0 Å². The van der Waals surface area contributed by atoms with Gasteiger partial charge in [-0.3, -0.25) is 15.8 Å². The number of hydrogen-bond acceptors (Lipinski definition) is 7. The van der Waals surface area contributed by atoms with Crippen LogP contribution in [0.4, 0.5) is 20.4 Å². The van der Waals surface area contributed by atoms with Crippen molar-refractivity contribution in [3.8, 4) is 11.1 Å². The number of pyridine rings is 2. The molecule has 0 aromatic carbocycles. The molecular weight excluding hydrogens is 462 g/mol. The van der Waals surface area contributed by atoms with E-state index in [1.54, 1.807) is 0 Å². The fourth-order valence-electron chi connectivity index (χ4n) is 5.84. The molecule has 2 N–H and O–H groups in total. The molecule has 3 aromatic rings. The molecule has 2 fully saturated rings. The van der Waals surface area contributed by atoms with E-state index in [1.807, 2.05) is 38.4 Å². The molecule has 0 atom stereocenters. The van der Waals surface area contributed by atoms with Crippen LogP contribution in [-0.4, -0.2) is 51.6 Å². The lowest BCUT2D eigenvalue weighted by Gasteiger charge is -2.59. The third-order valence-electron chi connectivity index (χ3n) is 7.87. The highest BCUT2D eigenvalue weighted by Crippen LogP contribution is 2.57. The largest absolute Gasteiger partial charge is 0.355 e. The maximum absolute atomic E-state index is 13.3. The molecule has 6 rings (SSSR count). The first-order chi connectivity index (χ1) is 17.2. The minimum Gasteiger partial charge on any atom is -0.355 e. The maximum Gasteiger partial charge on any atom is 0.249 e. The number of halogens is 2. The van der Waals surface area contributed by atoms with Crippen molar-refractivity contribution in [2.75, 3.05) is 29.4 Å². The third-order valence-corrected chi connectivity index (χ3v) is 7.87. The molecule has 1 saturated heterocycles. The van der Waals surface area contributed by atoms with Gasteiger partial charge in [0.25, 0.3) is 0 Å². The number of anilines is 2. The summed E-state index contributed by atoms with van der Waals surface area (Å²) in [5.41, 5.74) is 5.89. The molecule has 186 valence electrons. The van der Waals surface area contributed by atoms with Crippen LogP contribution in [0.1, 0.15) is 35.2 Å². The topological polar surface area (TPSA) is 97.8 Å². The second-order valence-electron chi connectivity index (χ2n) is 10.5. The van der Waals surface area contributed by atoms with Gasteiger partial charge in [-0.15, -0.1) is 5.10 Å². The molecule has 5 heterocycles. The van der Waals surface area contributed by atoms with Crippen LogP contribution in [0.25, 0.3) is 11.1 Å². The molecule has 0 amide bonds. The Kier molecular flexibility index (Phi) is 5.00. The van der Waals surface area contributed by atoms with E-state index < -0.39 is 5.92 Å². The molecule has 1 aliphatic carbocycles. The third kappa shape index (κ3) is 3.66. The second-order valence-corrected chi connectivity index (χ2v) is 10.5. The van der Waals surface area contributed by atoms with Crippen LogP contribution in [-0.2, 0) is 13.0 Å². The highest BCUT2D eigenvalue weighted by molar-refractivity contribution is 5.65. The molecule has 1 saturated carbocycles. The van der Waals surface area contributed by atoms with Crippen LogP contribution in [0.5, 0.6) is 0 Å². The first-order valence-electron chi connectivity index (χ1n) is 12.1. The summed E-state index contributed by atoms with van der Waals surface area (Å²) in [5.74, 6) is -0.880. The minimum atomic E-state index is -2.49. The average Bonchev–Trinajstić information content (AvgIpc) is 2.84. The van der Waals surface area contributed by atoms with Crippen LogP contribution in [0, 0.1) is 30.1 Å². The zero-order chi connectivity index (χ0) is 25.2. The van der Waals surface area contributed by atoms with Crippen LogP contribution >= 0.6 is 0 Å². The number of fused-ring (bicyclic) bond motifs is 1. The Balaban J connectivity index is 1.20. The molecule has 0 unspecified atom stereocenters. The second kappa shape index (κ2) is 7.91. The summed E-state index contributed by atoms with van der Waals surface area (Å²) in [6.07, 6.45) is 5.55. The Labute approximate surface area is 207 Å². The monoisotopic (exact) mass is 490 g/mol. The van der Waals surface area contributed by atoms with Crippen molar-refractivity contribution < 1.29 is 8.78 Å². The fourth-order valence-corrected chi connectivity index (χ4v) is 5.84. The zero-order valence-corrected chi connectivity index (χ0v) is 20.4. The van der Waals surface area contributed by atoms with Crippen LogP contribution in [0.2, 0.25) is 0 Å². The van der Waals surface area contributed by atoms with Crippen LogP contribution in [0.15, 0.2) is 30.6 Å². The van der Waals surface area contributed by atoms with Gasteiger partial charge < -0.3 is 9.80 Å².